The SMILES string of the molecule is CCOC1CC(CC(=O)NC2(CCl)CC2)C1. The van der Waals surface area contributed by atoms with Crippen LogP contribution in [0.1, 0.15) is 39.0 Å². The highest BCUT2D eigenvalue weighted by Gasteiger charge is 2.43. The summed E-state index contributed by atoms with van der Waals surface area (Å²) in [5, 5.41) is 3.05. The van der Waals surface area contributed by atoms with Gasteiger partial charge in [-0.05, 0) is 38.5 Å². The van der Waals surface area contributed by atoms with Gasteiger partial charge in [-0.2, -0.15) is 0 Å². The molecule has 0 aromatic carbocycles. The molecular weight excluding hydrogens is 226 g/mol. The average Bonchev–Trinajstić information content (AvgIpc) is 2.95. The summed E-state index contributed by atoms with van der Waals surface area (Å²) in [5.74, 6) is 1.23. The highest BCUT2D eigenvalue weighted by atomic mass is 35.5. The van der Waals surface area contributed by atoms with Crippen molar-refractivity contribution >= 4 is 17.5 Å². The maximum absolute atomic E-state index is 11.7. The highest BCUT2D eigenvalue weighted by Crippen LogP contribution is 2.37. The van der Waals surface area contributed by atoms with Crippen LogP contribution in [0.3, 0.4) is 0 Å². The molecule has 2 rings (SSSR count). The standard InChI is InChI=1S/C12H20ClNO2/c1-2-16-10-5-9(6-10)7-11(15)14-12(8-13)3-4-12/h9-10H,2-8H2,1H3,(H,14,15). The van der Waals surface area contributed by atoms with Crippen molar-refractivity contribution in [2.45, 2.75) is 50.7 Å². The number of hydrogen-bond donors (Lipinski definition) is 1. The van der Waals surface area contributed by atoms with E-state index in [0.29, 0.717) is 24.3 Å². The van der Waals surface area contributed by atoms with Crippen molar-refractivity contribution in [1.82, 2.24) is 5.32 Å². The van der Waals surface area contributed by atoms with Gasteiger partial charge in [-0.15, -0.1) is 11.6 Å². The molecule has 2 fully saturated rings. The molecular formula is C12H20ClNO2. The normalized spacial score (nSPS) is 30.6. The smallest absolute Gasteiger partial charge is 0.220 e. The van der Waals surface area contributed by atoms with Gasteiger partial charge >= 0.3 is 0 Å². The van der Waals surface area contributed by atoms with Crippen LogP contribution in [0.2, 0.25) is 0 Å². The molecule has 0 aromatic heterocycles. The van der Waals surface area contributed by atoms with Crippen LogP contribution in [0.5, 0.6) is 0 Å². The predicted molar refractivity (Wildman–Crippen MR) is 63.6 cm³/mol. The summed E-state index contributed by atoms with van der Waals surface area (Å²) in [6.45, 7) is 2.79. The Bertz CT molecular complexity index is 260. The van der Waals surface area contributed by atoms with Crippen LogP contribution in [0.15, 0.2) is 0 Å². The lowest BCUT2D eigenvalue weighted by atomic mass is 9.80. The topological polar surface area (TPSA) is 38.3 Å². The Labute approximate surface area is 102 Å². The zero-order chi connectivity index (χ0) is 11.6. The number of alkyl halides is 1. The van der Waals surface area contributed by atoms with Crippen molar-refractivity contribution in [3.63, 3.8) is 0 Å². The quantitative estimate of drug-likeness (QED) is 0.728. The molecule has 16 heavy (non-hydrogen) atoms. The molecule has 2 aliphatic rings. The zero-order valence-corrected chi connectivity index (χ0v) is 10.6. The summed E-state index contributed by atoms with van der Waals surface area (Å²) >= 11 is 5.81. The molecule has 3 nitrogen and oxygen atoms in total. The lowest BCUT2D eigenvalue weighted by molar-refractivity contribution is -0.125. The molecule has 2 saturated carbocycles. The molecule has 0 unspecified atom stereocenters. The van der Waals surface area contributed by atoms with Gasteiger partial charge in [0.25, 0.3) is 0 Å². The van der Waals surface area contributed by atoms with E-state index < -0.39 is 0 Å². The van der Waals surface area contributed by atoms with Gasteiger partial charge in [-0.3, -0.25) is 4.79 Å². The molecule has 0 aliphatic heterocycles. The molecule has 0 atom stereocenters. The summed E-state index contributed by atoms with van der Waals surface area (Å²) in [6.07, 6.45) is 5.18. The minimum Gasteiger partial charge on any atom is -0.378 e. The summed E-state index contributed by atoms with van der Waals surface area (Å²) in [7, 11) is 0. The Hall–Kier alpha value is -0.280. The van der Waals surface area contributed by atoms with Crippen LogP contribution in [0.4, 0.5) is 0 Å². The molecule has 0 spiro atoms. The first kappa shape index (κ1) is 12.2. The third kappa shape index (κ3) is 2.89. The first-order valence-corrected chi connectivity index (χ1v) is 6.69. The van der Waals surface area contributed by atoms with Crippen LogP contribution in [0.25, 0.3) is 0 Å². The van der Waals surface area contributed by atoms with Crippen molar-refractivity contribution < 1.29 is 9.53 Å². The Morgan fingerprint density at radius 2 is 2.19 bits per heavy atom. The van der Waals surface area contributed by atoms with Gasteiger partial charge in [0.2, 0.25) is 5.91 Å². The lowest BCUT2D eigenvalue weighted by Crippen LogP contribution is -2.41. The lowest BCUT2D eigenvalue weighted by Gasteiger charge is -2.34. The van der Waals surface area contributed by atoms with Crippen molar-refractivity contribution in [3.8, 4) is 0 Å². The average molecular weight is 246 g/mol. The van der Waals surface area contributed by atoms with Gasteiger partial charge in [0, 0.05) is 18.9 Å². The molecule has 0 saturated heterocycles. The zero-order valence-electron chi connectivity index (χ0n) is 9.80. The van der Waals surface area contributed by atoms with Gasteiger partial charge in [0.05, 0.1) is 11.6 Å². The number of carbonyl (C=O) groups excluding carboxylic acids is 1. The van der Waals surface area contributed by atoms with Gasteiger partial charge in [-0.25, -0.2) is 0 Å². The third-order valence-corrected chi connectivity index (χ3v) is 4.09. The minimum absolute atomic E-state index is 0.0539. The van der Waals surface area contributed by atoms with Crippen LogP contribution in [0, 0.1) is 5.92 Å². The maximum Gasteiger partial charge on any atom is 0.220 e. The van der Waals surface area contributed by atoms with Crippen LogP contribution in [-0.2, 0) is 9.53 Å². The highest BCUT2D eigenvalue weighted by molar-refractivity contribution is 6.19. The number of amides is 1. The molecule has 2 aliphatic carbocycles. The van der Waals surface area contributed by atoms with E-state index in [2.05, 4.69) is 5.32 Å². The number of halogens is 1. The van der Waals surface area contributed by atoms with E-state index in [0.717, 1.165) is 32.3 Å². The van der Waals surface area contributed by atoms with E-state index >= 15 is 0 Å². The molecule has 0 aromatic rings. The summed E-state index contributed by atoms with van der Waals surface area (Å²) in [5.41, 5.74) is -0.0539. The minimum atomic E-state index is -0.0539. The molecule has 0 bridgehead atoms. The van der Waals surface area contributed by atoms with Gasteiger partial charge in [-0.1, -0.05) is 0 Å². The summed E-state index contributed by atoms with van der Waals surface area (Å²) in [6, 6.07) is 0. The van der Waals surface area contributed by atoms with E-state index in [1.165, 1.54) is 0 Å². The molecule has 1 amide bonds. The Kier molecular flexibility index (Phi) is 3.75. The molecule has 1 N–H and O–H groups in total. The molecule has 0 radical (unpaired) electrons. The number of rotatable bonds is 6. The fraction of sp³-hybridized carbons (Fsp3) is 0.917. The van der Waals surface area contributed by atoms with Crippen molar-refractivity contribution in [3.05, 3.63) is 0 Å². The maximum atomic E-state index is 11.7. The number of nitrogens with one attached hydrogen (secondary N) is 1. The molecule has 92 valence electrons. The van der Waals surface area contributed by atoms with Crippen LogP contribution in [-0.4, -0.2) is 30.0 Å². The third-order valence-electron chi connectivity index (χ3n) is 3.58. The first-order chi connectivity index (χ1) is 7.67. The van der Waals surface area contributed by atoms with Crippen LogP contribution >= 0.6 is 11.6 Å². The largest absolute Gasteiger partial charge is 0.378 e. The van der Waals surface area contributed by atoms with Gasteiger partial charge in [0.15, 0.2) is 0 Å². The van der Waals surface area contributed by atoms with Crippen molar-refractivity contribution in [1.29, 1.82) is 0 Å². The first-order valence-electron chi connectivity index (χ1n) is 6.16. The van der Waals surface area contributed by atoms with E-state index in [1.807, 2.05) is 6.92 Å². The van der Waals surface area contributed by atoms with Gasteiger partial charge < -0.3 is 10.1 Å². The molecule has 0 heterocycles. The van der Waals surface area contributed by atoms with Crippen molar-refractivity contribution in [2.24, 2.45) is 5.92 Å². The van der Waals surface area contributed by atoms with Gasteiger partial charge in [0.1, 0.15) is 0 Å². The second kappa shape index (κ2) is 4.92. The van der Waals surface area contributed by atoms with E-state index in [-0.39, 0.29) is 11.4 Å². The van der Waals surface area contributed by atoms with E-state index in [1.54, 1.807) is 0 Å². The Morgan fingerprint density at radius 3 is 2.69 bits per heavy atom. The predicted octanol–water partition coefficient (Wildman–Crippen LogP) is 2.08. The van der Waals surface area contributed by atoms with E-state index in [9.17, 15) is 4.79 Å². The summed E-state index contributed by atoms with van der Waals surface area (Å²) in [4.78, 5) is 11.7. The second-order valence-electron chi connectivity index (χ2n) is 5.08. The monoisotopic (exact) mass is 245 g/mol. The van der Waals surface area contributed by atoms with Crippen molar-refractivity contribution in [2.75, 3.05) is 12.5 Å². The fourth-order valence-electron chi connectivity index (χ4n) is 2.26. The number of hydrogen-bond acceptors (Lipinski definition) is 2. The van der Waals surface area contributed by atoms with Crippen LogP contribution < -0.4 is 5.32 Å². The van der Waals surface area contributed by atoms with E-state index in [4.69, 9.17) is 16.3 Å². The second-order valence-corrected chi connectivity index (χ2v) is 5.35. The number of carbonyl (C=O) groups is 1. The summed E-state index contributed by atoms with van der Waals surface area (Å²) < 4.78 is 5.47. The Morgan fingerprint density at radius 1 is 1.50 bits per heavy atom. The number of ether oxygens (including phenoxy) is 1. The Balaban J connectivity index is 1.62. The molecule has 4 heteroatoms. The fourth-order valence-corrected chi connectivity index (χ4v) is 2.60.